The van der Waals surface area contributed by atoms with Crippen LogP contribution in [0.15, 0.2) is 0 Å². The number of unbranched alkanes of at least 4 members (excludes halogenated alkanes) is 1. The normalized spacial score (nSPS) is 12.7. The van der Waals surface area contributed by atoms with Crippen LogP contribution in [-0.2, 0) is 52.7 Å². The van der Waals surface area contributed by atoms with E-state index in [9.17, 15) is 52.7 Å². The van der Waals surface area contributed by atoms with Gasteiger partial charge in [-0.05, 0) is 57.4 Å². The van der Waals surface area contributed by atoms with Gasteiger partial charge in [-0.1, -0.05) is 27.7 Å². The van der Waals surface area contributed by atoms with Gasteiger partial charge in [0, 0.05) is 6.92 Å². The molecule has 14 N–H and O–H groups in total. The van der Waals surface area contributed by atoms with Crippen molar-refractivity contribution in [1.82, 2.24) is 53.2 Å². The molecular weight excluding hydrogens is 764 g/mol. The average molecular weight is 827 g/mol. The molecule has 0 spiro atoms. The minimum atomic E-state index is -1.11. The third-order valence-corrected chi connectivity index (χ3v) is 7.77. The molecule has 23 heteroatoms. The summed E-state index contributed by atoms with van der Waals surface area (Å²) in [4.78, 5) is 135. The number of nitrogens with two attached hydrogens (primary N) is 2. The van der Waals surface area contributed by atoms with E-state index in [1.165, 1.54) is 13.8 Å². The molecule has 0 aliphatic heterocycles. The fourth-order valence-corrected chi connectivity index (χ4v) is 4.87. The molecule has 0 aliphatic carbocycles. The van der Waals surface area contributed by atoms with E-state index in [2.05, 4.69) is 53.2 Å². The highest BCUT2D eigenvalue weighted by Gasteiger charge is 2.26. The molecule has 0 saturated carbocycles. The Bertz CT molecular complexity index is 1460. The Labute approximate surface area is 337 Å². The van der Waals surface area contributed by atoms with Gasteiger partial charge in [0.15, 0.2) is 0 Å². The van der Waals surface area contributed by atoms with Crippen molar-refractivity contribution < 1.29 is 52.7 Å². The summed E-state index contributed by atoms with van der Waals surface area (Å²) in [5.74, 6) is -7.65. The van der Waals surface area contributed by atoms with Gasteiger partial charge in [0.25, 0.3) is 0 Å². The second-order valence-corrected chi connectivity index (χ2v) is 14.2. The van der Waals surface area contributed by atoms with Gasteiger partial charge >= 0.3 is 0 Å². The maximum absolute atomic E-state index is 13.0. The van der Waals surface area contributed by atoms with Gasteiger partial charge in [0.1, 0.15) is 24.2 Å². The second-order valence-electron chi connectivity index (χ2n) is 14.2. The molecule has 0 radical (unpaired) electrons. The minimum Gasteiger partial charge on any atom is -0.368 e. The first-order valence-corrected chi connectivity index (χ1v) is 18.9. The molecule has 11 amide bonds. The van der Waals surface area contributed by atoms with Gasteiger partial charge in [0.05, 0.1) is 39.3 Å². The third kappa shape index (κ3) is 25.3. The van der Waals surface area contributed by atoms with Crippen LogP contribution in [0.25, 0.3) is 0 Å². The second kappa shape index (κ2) is 28.5. The molecule has 0 fully saturated rings. The summed E-state index contributed by atoms with van der Waals surface area (Å²) >= 11 is 0. The highest BCUT2D eigenvalue weighted by molar-refractivity contribution is 5.96. The van der Waals surface area contributed by atoms with E-state index in [4.69, 9.17) is 11.5 Å². The van der Waals surface area contributed by atoms with Crippen molar-refractivity contribution in [2.75, 3.05) is 45.8 Å². The number of carbonyl (C=O) groups excluding carboxylic acids is 11. The van der Waals surface area contributed by atoms with Gasteiger partial charge < -0.3 is 64.6 Å². The minimum absolute atomic E-state index is 0.0592. The number of carbonyl (C=O) groups is 11. The standard InChI is InChI=1S/C35H62N12O11/c1-19(2)11-24(46-29(52)16-40-27(50)14-41-33(56)21(5)44-28(51)15-39-26(49)13-38-22(6)48)34(57)43-18-31(54)47-25(12-20(3)4)35(58)42-17-30(53)45-23(32(37)55)9-7-8-10-36/h19-21,23-25H,7-18,36H2,1-6H3,(H2,37,55)(H,38,48)(H,39,49)(H,40,50)(H,41,56)(H,42,58)(H,43,57)(H,44,51)(H,45,53)(H,46,52)(H,47,54)/t21-,23-,24-,25-/m0/s1. The predicted molar refractivity (Wildman–Crippen MR) is 208 cm³/mol. The van der Waals surface area contributed by atoms with Crippen molar-refractivity contribution in [2.24, 2.45) is 23.3 Å². The van der Waals surface area contributed by atoms with Gasteiger partial charge in [-0.15, -0.1) is 0 Å². The maximum atomic E-state index is 13.0. The van der Waals surface area contributed by atoms with E-state index >= 15 is 0 Å². The number of hydrogen-bond acceptors (Lipinski definition) is 12. The zero-order valence-electron chi connectivity index (χ0n) is 34.1. The van der Waals surface area contributed by atoms with E-state index in [0.717, 1.165) is 0 Å². The molecule has 0 aromatic heterocycles. The topological polar surface area (TPSA) is 360 Å². The van der Waals surface area contributed by atoms with E-state index in [1.807, 2.05) is 13.8 Å². The Kier molecular flexibility index (Phi) is 25.6. The van der Waals surface area contributed by atoms with Gasteiger partial charge in [-0.25, -0.2) is 0 Å². The quantitative estimate of drug-likeness (QED) is 0.0329. The molecule has 0 heterocycles. The molecule has 0 aromatic carbocycles. The fourth-order valence-electron chi connectivity index (χ4n) is 4.87. The largest absolute Gasteiger partial charge is 0.368 e. The number of nitrogens with one attached hydrogen (secondary N) is 10. The fraction of sp³-hybridized carbons (Fsp3) is 0.686. The lowest BCUT2D eigenvalue weighted by molar-refractivity contribution is -0.133. The summed E-state index contributed by atoms with van der Waals surface area (Å²) in [7, 11) is 0. The summed E-state index contributed by atoms with van der Waals surface area (Å²) in [6.45, 7) is 7.22. The van der Waals surface area contributed by atoms with Crippen molar-refractivity contribution in [3.05, 3.63) is 0 Å². The molecule has 58 heavy (non-hydrogen) atoms. The van der Waals surface area contributed by atoms with Crippen LogP contribution in [0.1, 0.15) is 73.6 Å². The van der Waals surface area contributed by atoms with Gasteiger partial charge in [0.2, 0.25) is 65.0 Å². The summed E-state index contributed by atoms with van der Waals surface area (Å²) in [6.07, 6.45) is 1.83. The average Bonchev–Trinajstić information content (AvgIpc) is 3.14. The molecule has 0 unspecified atom stereocenters. The summed E-state index contributed by atoms with van der Waals surface area (Å²) in [5, 5.41) is 23.8. The Balaban J connectivity index is 4.96. The zero-order chi connectivity index (χ0) is 44.4. The van der Waals surface area contributed by atoms with Crippen molar-refractivity contribution >= 4 is 65.0 Å². The number of hydrogen-bond donors (Lipinski definition) is 12. The van der Waals surface area contributed by atoms with Crippen molar-refractivity contribution in [3.8, 4) is 0 Å². The number of primary amides is 1. The van der Waals surface area contributed by atoms with Crippen molar-refractivity contribution in [2.45, 2.75) is 97.8 Å². The highest BCUT2D eigenvalue weighted by Crippen LogP contribution is 2.07. The van der Waals surface area contributed by atoms with E-state index in [1.54, 1.807) is 13.8 Å². The molecule has 0 aromatic rings. The van der Waals surface area contributed by atoms with Gasteiger partial charge in [-0.3, -0.25) is 52.7 Å². The summed E-state index contributed by atoms with van der Waals surface area (Å²) in [6, 6.07) is -4.21. The number of amides is 11. The molecule has 0 aliphatic rings. The van der Waals surface area contributed by atoms with E-state index in [-0.39, 0.29) is 37.6 Å². The molecule has 0 saturated heterocycles. The first-order chi connectivity index (χ1) is 27.1. The van der Waals surface area contributed by atoms with E-state index < -0.39 is 122 Å². The lowest BCUT2D eigenvalue weighted by atomic mass is 10.0. The molecular formula is C35H62N12O11. The molecule has 328 valence electrons. The van der Waals surface area contributed by atoms with E-state index in [0.29, 0.717) is 19.4 Å². The van der Waals surface area contributed by atoms with Crippen LogP contribution in [0.4, 0.5) is 0 Å². The molecule has 4 atom stereocenters. The SMILES string of the molecule is CC(=O)NCC(=O)NCC(=O)N[C@@H](C)C(=O)NCC(=O)NCC(=O)N[C@@H](CC(C)C)C(=O)NCC(=O)N[C@@H](CC(C)C)C(=O)NCC(=O)N[C@@H](CCCCN)C(N)=O. The smallest absolute Gasteiger partial charge is 0.243 e. The van der Waals surface area contributed by atoms with Gasteiger partial charge in [-0.2, -0.15) is 0 Å². The maximum Gasteiger partial charge on any atom is 0.243 e. The monoisotopic (exact) mass is 826 g/mol. The Hall–Kier alpha value is -5.87. The van der Waals surface area contributed by atoms with Crippen LogP contribution in [0.2, 0.25) is 0 Å². The third-order valence-electron chi connectivity index (χ3n) is 7.77. The van der Waals surface area contributed by atoms with Crippen LogP contribution in [0.3, 0.4) is 0 Å². The van der Waals surface area contributed by atoms with Crippen LogP contribution in [0, 0.1) is 11.8 Å². The van der Waals surface area contributed by atoms with Crippen LogP contribution in [0.5, 0.6) is 0 Å². The Morgan fingerprint density at radius 3 is 1.21 bits per heavy atom. The Morgan fingerprint density at radius 2 is 0.810 bits per heavy atom. The lowest BCUT2D eigenvalue weighted by Gasteiger charge is -2.22. The molecule has 23 nitrogen and oxygen atoms in total. The zero-order valence-corrected chi connectivity index (χ0v) is 34.1. The molecule has 0 rings (SSSR count). The van der Waals surface area contributed by atoms with Crippen LogP contribution >= 0.6 is 0 Å². The lowest BCUT2D eigenvalue weighted by Crippen LogP contribution is -2.54. The molecule has 0 bridgehead atoms. The van der Waals surface area contributed by atoms with Crippen molar-refractivity contribution in [3.63, 3.8) is 0 Å². The number of rotatable bonds is 28. The summed E-state index contributed by atoms with van der Waals surface area (Å²) < 4.78 is 0. The van der Waals surface area contributed by atoms with Crippen molar-refractivity contribution in [1.29, 1.82) is 0 Å². The predicted octanol–water partition coefficient (Wildman–Crippen LogP) is -5.63. The summed E-state index contributed by atoms with van der Waals surface area (Å²) in [5.41, 5.74) is 10.8. The van der Waals surface area contributed by atoms with Crippen LogP contribution in [-0.4, -0.2) is 135 Å². The Morgan fingerprint density at radius 1 is 0.448 bits per heavy atom. The highest BCUT2D eigenvalue weighted by atomic mass is 16.2. The van der Waals surface area contributed by atoms with Crippen LogP contribution < -0.4 is 64.6 Å². The first kappa shape index (κ1) is 52.1. The first-order valence-electron chi connectivity index (χ1n) is 18.9.